The van der Waals surface area contributed by atoms with Crippen molar-refractivity contribution in [3.05, 3.63) is 18.0 Å². The molecule has 0 spiro atoms. The van der Waals surface area contributed by atoms with Crippen LogP contribution in [0.25, 0.3) is 0 Å². The first-order valence-corrected chi connectivity index (χ1v) is 6.70. The van der Waals surface area contributed by atoms with Crippen LogP contribution in [0.5, 0.6) is 0 Å². The number of aromatic nitrogens is 2. The van der Waals surface area contributed by atoms with Gasteiger partial charge in [0.2, 0.25) is 0 Å². The van der Waals surface area contributed by atoms with Crippen LogP contribution >= 0.6 is 0 Å². The molecule has 0 radical (unpaired) electrons. The number of carbonyl (C=O) groups excluding carboxylic acids is 1. The normalized spacial score (nSPS) is 16.8. The van der Waals surface area contributed by atoms with Crippen LogP contribution in [-0.2, 0) is 7.05 Å². The van der Waals surface area contributed by atoms with E-state index in [-0.39, 0.29) is 5.91 Å². The first-order valence-electron chi connectivity index (χ1n) is 6.70. The Balaban J connectivity index is 1.97. The monoisotopic (exact) mass is 250 g/mol. The maximum atomic E-state index is 12.3. The highest BCUT2D eigenvalue weighted by molar-refractivity contribution is 5.92. The summed E-state index contributed by atoms with van der Waals surface area (Å²) in [4.78, 5) is 14.2. The number of carbonyl (C=O) groups is 1. The third-order valence-corrected chi connectivity index (χ3v) is 3.54. The molecule has 2 heterocycles. The molecule has 0 aromatic carbocycles. The summed E-state index contributed by atoms with van der Waals surface area (Å²) in [6.45, 7) is 5.77. The molecule has 1 N–H and O–H groups in total. The Morgan fingerprint density at radius 1 is 1.56 bits per heavy atom. The molecule has 1 saturated heterocycles. The van der Waals surface area contributed by atoms with Gasteiger partial charge in [0.25, 0.3) is 5.91 Å². The fraction of sp³-hybridized carbons (Fsp3) is 0.692. The first kappa shape index (κ1) is 13.1. The summed E-state index contributed by atoms with van der Waals surface area (Å²) < 4.78 is 1.67. The van der Waals surface area contributed by atoms with E-state index in [1.807, 2.05) is 25.1 Å². The molecule has 18 heavy (non-hydrogen) atoms. The maximum Gasteiger partial charge on any atom is 0.274 e. The van der Waals surface area contributed by atoms with E-state index in [0.717, 1.165) is 39.0 Å². The van der Waals surface area contributed by atoms with Crippen LogP contribution in [0.4, 0.5) is 0 Å². The fourth-order valence-corrected chi connectivity index (χ4v) is 2.42. The third-order valence-electron chi connectivity index (χ3n) is 3.54. The number of aryl methyl sites for hydroxylation is 1. The van der Waals surface area contributed by atoms with Crippen molar-refractivity contribution in [2.24, 2.45) is 13.0 Å². The van der Waals surface area contributed by atoms with Crippen molar-refractivity contribution < 1.29 is 4.79 Å². The van der Waals surface area contributed by atoms with Crippen molar-refractivity contribution in [3.63, 3.8) is 0 Å². The molecule has 0 unspecified atom stereocenters. The lowest BCUT2D eigenvalue weighted by molar-refractivity contribution is 0.0720. The minimum atomic E-state index is 0.0524. The molecule has 1 aromatic rings. The molecule has 0 aliphatic carbocycles. The molecule has 0 atom stereocenters. The quantitative estimate of drug-likeness (QED) is 0.863. The first-order chi connectivity index (χ1) is 8.70. The average molecular weight is 250 g/mol. The molecule has 0 saturated carbocycles. The number of nitrogens with zero attached hydrogens (tertiary/aromatic N) is 3. The van der Waals surface area contributed by atoms with Gasteiger partial charge in [0.05, 0.1) is 0 Å². The minimum Gasteiger partial charge on any atom is -0.337 e. The van der Waals surface area contributed by atoms with Gasteiger partial charge in [-0.05, 0) is 44.8 Å². The van der Waals surface area contributed by atoms with Gasteiger partial charge >= 0.3 is 0 Å². The van der Waals surface area contributed by atoms with Gasteiger partial charge in [-0.2, -0.15) is 5.10 Å². The Morgan fingerprint density at radius 3 is 2.83 bits per heavy atom. The second kappa shape index (κ2) is 6.00. The smallest absolute Gasteiger partial charge is 0.274 e. The molecule has 5 nitrogen and oxygen atoms in total. The predicted octanol–water partition coefficient (Wildman–Crippen LogP) is 0.882. The molecule has 0 bridgehead atoms. The topological polar surface area (TPSA) is 50.2 Å². The molecule has 100 valence electrons. The van der Waals surface area contributed by atoms with Crippen LogP contribution in [0.2, 0.25) is 0 Å². The largest absolute Gasteiger partial charge is 0.337 e. The van der Waals surface area contributed by atoms with Crippen molar-refractivity contribution in [1.29, 1.82) is 0 Å². The fourth-order valence-electron chi connectivity index (χ4n) is 2.42. The van der Waals surface area contributed by atoms with Crippen molar-refractivity contribution >= 4 is 5.91 Å². The minimum absolute atomic E-state index is 0.0524. The average Bonchev–Trinajstić information content (AvgIpc) is 2.83. The highest BCUT2D eigenvalue weighted by Crippen LogP contribution is 2.14. The van der Waals surface area contributed by atoms with Gasteiger partial charge in [-0.15, -0.1) is 0 Å². The van der Waals surface area contributed by atoms with E-state index < -0.39 is 0 Å². The lowest BCUT2D eigenvalue weighted by Crippen LogP contribution is -2.39. The Bertz CT molecular complexity index is 395. The Kier molecular flexibility index (Phi) is 4.36. The van der Waals surface area contributed by atoms with Crippen molar-refractivity contribution in [2.45, 2.75) is 19.8 Å². The van der Waals surface area contributed by atoms with E-state index >= 15 is 0 Å². The second-order valence-corrected chi connectivity index (χ2v) is 4.91. The lowest BCUT2D eigenvalue weighted by Gasteiger charge is -2.29. The number of hydrogen-bond acceptors (Lipinski definition) is 3. The molecule has 5 heteroatoms. The van der Waals surface area contributed by atoms with Gasteiger partial charge in [0.1, 0.15) is 5.69 Å². The van der Waals surface area contributed by atoms with Gasteiger partial charge in [0.15, 0.2) is 0 Å². The lowest BCUT2D eigenvalue weighted by atomic mass is 9.97. The summed E-state index contributed by atoms with van der Waals surface area (Å²) >= 11 is 0. The summed E-state index contributed by atoms with van der Waals surface area (Å²) in [5.74, 6) is 0.676. The summed E-state index contributed by atoms with van der Waals surface area (Å²) in [5, 5.41) is 7.54. The van der Waals surface area contributed by atoms with E-state index in [1.165, 1.54) is 0 Å². The van der Waals surface area contributed by atoms with Crippen molar-refractivity contribution in [1.82, 2.24) is 20.0 Å². The SMILES string of the molecule is CCN(CC1CCNCC1)C(=O)c1ccn(C)n1. The molecule has 1 aliphatic rings. The summed E-state index contributed by atoms with van der Waals surface area (Å²) in [6.07, 6.45) is 4.13. The van der Waals surface area contributed by atoms with Gasteiger partial charge in [-0.1, -0.05) is 0 Å². The van der Waals surface area contributed by atoms with E-state index in [9.17, 15) is 4.79 Å². The van der Waals surface area contributed by atoms with Crippen LogP contribution in [-0.4, -0.2) is 46.8 Å². The number of rotatable bonds is 4. The van der Waals surface area contributed by atoms with Crippen molar-refractivity contribution in [2.75, 3.05) is 26.2 Å². The van der Waals surface area contributed by atoms with E-state index in [2.05, 4.69) is 10.4 Å². The van der Waals surface area contributed by atoms with Crippen molar-refractivity contribution in [3.8, 4) is 0 Å². The van der Waals surface area contributed by atoms with E-state index in [0.29, 0.717) is 11.6 Å². The number of amides is 1. The predicted molar refractivity (Wildman–Crippen MR) is 70.4 cm³/mol. The zero-order valence-electron chi connectivity index (χ0n) is 11.2. The molecule has 2 rings (SSSR count). The van der Waals surface area contributed by atoms with Gasteiger partial charge < -0.3 is 10.2 Å². The van der Waals surface area contributed by atoms with E-state index in [1.54, 1.807) is 10.7 Å². The molecule has 1 aliphatic heterocycles. The third kappa shape index (κ3) is 3.10. The zero-order valence-corrected chi connectivity index (χ0v) is 11.2. The highest BCUT2D eigenvalue weighted by Gasteiger charge is 2.21. The Hall–Kier alpha value is -1.36. The molecular formula is C13H22N4O. The zero-order chi connectivity index (χ0) is 13.0. The van der Waals surface area contributed by atoms with Gasteiger partial charge in [0, 0.05) is 26.3 Å². The summed E-state index contributed by atoms with van der Waals surface area (Å²) in [5.41, 5.74) is 0.549. The molecule has 1 amide bonds. The second-order valence-electron chi connectivity index (χ2n) is 4.91. The highest BCUT2D eigenvalue weighted by atomic mass is 16.2. The van der Waals surface area contributed by atoms with Gasteiger partial charge in [-0.3, -0.25) is 9.48 Å². The summed E-state index contributed by atoms with van der Waals surface area (Å²) in [7, 11) is 1.83. The van der Waals surface area contributed by atoms with Gasteiger partial charge in [-0.25, -0.2) is 0 Å². The maximum absolute atomic E-state index is 12.3. The van der Waals surface area contributed by atoms with E-state index in [4.69, 9.17) is 0 Å². The number of hydrogen-bond donors (Lipinski definition) is 1. The van der Waals surface area contributed by atoms with Crippen LogP contribution in [0.1, 0.15) is 30.3 Å². The van der Waals surface area contributed by atoms with Crippen LogP contribution in [0, 0.1) is 5.92 Å². The van der Waals surface area contributed by atoms with Crippen LogP contribution in [0.15, 0.2) is 12.3 Å². The molecule has 1 fully saturated rings. The Morgan fingerprint density at radius 2 is 2.28 bits per heavy atom. The van der Waals surface area contributed by atoms with Crippen LogP contribution < -0.4 is 5.32 Å². The Labute approximate surface area is 108 Å². The standard InChI is InChI=1S/C13H22N4O/c1-3-17(10-11-4-7-14-8-5-11)13(18)12-6-9-16(2)15-12/h6,9,11,14H,3-5,7-8,10H2,1-2H3. The van der Waals surface area contributed by atoms with Crippen LogP contribution in [0.3, 0.4) is 0 Å². The number of piperidine rings is 1. The molecular weight excluding hydrogens is 228 g/mol. The molecule has 1 aromatic heterocycles. The summed E-state index contributed by atoms with van der Waals surface area (Å²) in [6, 6.07) is 1.79. The number of nitrogens with one attached hydrogen (secondary N) is 1.